The molecule has 0 saturated heterocycles. The molecule has 2 rings (SSSR count). The minimum absolute atomic E-state index is 0.0742. The fraction of sp³-hybridized carbons (Fsp3) is 0.400. The van der Waals surface area contributed by atoms with Crippen molar-refractivity contribution in [1.29, 1.82) is 0 Å². The molecule has 0 bridgehead atoms. The first-order valence-corrected chi connectivity index (χ1v) is 7.96. The van der Waals surface area contributed by atoms with Crippen molar-refractivity contribution >= 4 is 17.2 Å². The number of hydrogen-bond donors (Lipinski definition) is 2. The van der Waals surface area contributed by atoms with E-state index in [1.54, 1.807) is 17.8 Å². The molecule has 0 saturated carbocycles. The standard InChI is InChI=1S/C15H20N4OS/c1-2-3-6-12(16)15-19-13(10-21-15)14(20)18-9-11-5-4-7-17-8-11/h4-5,7-8,10,12H,2-3,6,9,16H2,1H3,(H,18,20). The van der Waals surface area contributed by atoms with E-state index in [4.69, 9.17) is 5.73 Å². The van der Waals surface area contributed by atoms with Gasteiger partial charge in [0.1, 0.15) is 10.7 Å². The van der Waals surface area contributed by atoms with Crippen LogP contribution in [-0.4, -0.2) is 15.9 Å². The maximum absolute atomic E-state index is 12.0. The molecule has 0 spiro atoms. The Hall–Kier alpha value is -1.79. The van der Waals surface area contributed by atoms with Crippen LogP contribution in [0, 0.1) is 0 Å². The molecule has 0 aromatic carbocycles. The summed E-state index contributed by atoms with van der Waals surface area (Å²) in [6, 6.07) is 3.69. The molecule has 5 nitrogen and oxygen atoms in total. The monoisotopic (exact) mass is 304 g/mol. The normalized spacial score (nSPS) is 12.1. The molecule has 0 aliphatic carbocycles. The highest BCUT2D eigenvalue weighted by Gasteiger charge is 2.14. The van der Waals surface area contributed by atoms with Gasteiger partial charge in [0.05, 0.1) is 6.04 Å². The zero-order valence-corrected chi connectivity index (χ0v) is 12.9. The van der Waals surface area contributed by atoms with Crippen LogP contribution in [0.1, 0.15) is 53.3 Å². The van der Waals surface area contributed by atoms with Crippen molar-refractivity contribution in [2.45, 2.75) is 38.8 Å². The minimum Gasteiger partial charge on any atom is -0.347 e. The Balaban J connectivity index is 1.90. The lowest BCUT2D eigenvalue weighted by Crippen LogP contribution is -2.23. The first-order chi connectivity index (χ1) is 10.2. The molecule has 0 fully saturated rings. The molecule has 1 unspecified atom stereocenters. The molecule has 1 atom stereocenters. The van der Waals surface area contributed by atoms with Gasteiger partial charge in [0.15, 0.2) is 0 Å². The molecular weight excluding hydrogens is 284 g/mol. The van der Waals surface area contributed by atoms with E-state index in [9.17, 15) is 4.79 Å². The highest BCUT2D eigenvalue weighted by Crippen LogP contribution is 2.20. The Labute approximate surface area is 128 Å². The highest BCUT2D eigenvalue weighted by atomic mass is 32.1. The number of aromatic nitrogens is 2. The van der Waals surface area contributed by atoms with Crippen LogP contribution < -0.4 is 11.1 Å². The van der Waals surface area contributed by atoms with Gasteiger partial charge in [-0.3, -0.25) is 9.78 Å². The van der Waals surface area contributed by atoms with Crippen LogP contribution in [0.15, 0.2) is 29.9 Å². The van der Waals surface area contributed by atoms with Crippen molar-refractivity contribution in [3.05, 3.63) is 46.2 Å². The number of unbranched alkanes of at least 4 members (excludes halogenated alkanes) is 1. The number of nitrogens with one attached hydrogen (secondary N) is 1. The third-order valence-electron chi connectivity index (χ3n) is 3.12. The van der Waals surface area contributed by atoms with Crippen molar-refractivity contribution in [3.63, 3.8) is 0 Å². The molecule has 6 heteroatoms. The van der Waals surface area contributed by atoms with Crippen molar-refractivity contribution in [1.82, 2.24) is 15.3 Å². The number of amides is 1. The lowest BCUT2D eigenvalue weighted by atomic mass is 10.1. The molecule has 1 amide bonds. The van der Waals surface area contributed by atoms with Crippen LogP contribution in [0.3, 0.4) is 0 Å². The zero-order valence-electron chi connectivity index (χ0n) is 12.1. The van der Waals surface area contributed by atoms with Crippen LogP contribution in [0.4, 0.5) is 0 Å². The summed E-state index contributed by atoms with van der Waals surface area (Å²) < 4.78 is 0. The number of nitrogens with two attached hydrogens (primary N) is 1. The van der Waals surface area contributed by atoms with Crippen LogP contribution in [0.2, 0.25) is 0 Å². The Morgan fingerprint density at radius 3 is 3.10 bits per heavy atom. The van der Waals surface area contributed by atoms with Gasteiger partial charge in [0, 0.05) is 24.3 Å². The average molecular weight is 304 g/mol. The van der Waals surface area contributed by atoms with Crippen LogP contribution in [0.5, 0.6) is 0 Å². The second kappa shape index (κ2) is 7.85. The smallest absolute Gasteiger partial charge is 0.271 e. The Kier molecular flexibility index (Phi) is 5.83. The molecule has 2 aromatic rings. The fourth-order valence-electron chi connectivity index (χ4n) is 1.89. The van der Waals surface area contributed by atoms with Crippen LogP contribution in [-0.2, 0) is 6.54 Å². The quantitative estimate of drug-likeness (QED) is 0.824. The third-order valence-corrected chi connectivity index (χ3v) is 4.09. The molecule has 21 heavy (non-hydrogen) atoms. The molecular formula is C15H20N4OS. The van der Waals surface area contributed by atoms with Gasteiger partial charge in [-0.25, -0.2) is 4.98 Å². The molecule has 0 aliphatic rings. The van der Waals surface area contributed by atoms with Crippen molar-refractivity contribution < 1.29 is 4.79 Å². The topological polar surface area (TPSA) is 80.9 Å². The Morgan fingerprint density at radius 2 is 2.38 bits per heavy atom. The maximum atomic E-state index is 12.0. The lowest BCUT2D eigenvalue weighted by molar-refractivity contribution is 0.0946. The summed E-state index contributed by atoms with van der Waals surface area (Å²) in [5.41, 5.74) is 7.46. The summed E-state index contributed by atoms with van der Waals surface area (Å²) in [4.78, 5) is 20.4. The summed E-state index contributed by atoms with van der Waals surface area (Å²) >= 11 is 1.45. The molecule has 0 aliphatic heterocycles. The number of carbonyl (C=O) groups is 1. The SMILES string of the molecule is CCCCC(N)c1nc(C(=O)NCc2cccnc2)cs1. The van der Waals surface area contributed by atoms with Crippen LogP contribution >= 0.6 is 11.3 Å². The number of pyridine rings is 1. The van der Waals surface area contributed by atoms with Gasteiger partial charge in [0.25, 0.3) is 5.91 Å². The summed E-state index contributed by atoms with van der Waals surface area (Å²) in [7, 11) is 0. The van der Waals surface area contributed by atoms with Crippen molar-refractivity contribution in [2.75, 3.05) is 0 Å². The van der Waals surface area contributed by atoms with E-state index in [1.165, 1.54) is 11.3 Å². The van der Waals surface area contributed by atoms with E-state index in [0.29, 0.717) is 12.2 Å². The molecule has 0 radical (unpaired) electrons. The van der Waals surface area contributed by atoms with Gasteiger partial charge in [-0.1, -0.05) is 25.8 Å². The number of nitrogens with zero attached hydrogens (tertiary/aromatic N) is 2. The largest absolute Gasteiger partial charge is 0.347 e. The van der Waals surface area contributed by atoms with Gasteiger partial charge in [-0.05, 0) is 18.1 Å². The Morgan fingerprint density at radius 1 is 1.52 bits per heavy atom. The van der Waals surface area contributed by atoms with Crippen molar-refractivity contribution in [2.24, 2.45) is 5.73 Å². The van der Waals surface area contributed by atoms with Gasteiger partial charge in [0.2, 0.25) is 0 Å². The molecule has 3 N–H and O–H groups in total. The molecule has 2 heterocycles. The number of hydrogen-bond acceptors (Lipinski definition) is 5. The van der Waals surface area contributed by atoms with Crippen molar-refractivity contribution in [3.8, 4) is 0 Å². The summed E-state index contributed by atoms with van der Waals surface area (Å²) in [5.74, 6) is -0.177. The first-order valence-electron chi connectivity index (χ1n) is 7.08. The molecule has 2 aromatic heterocycles. The van der Waals surface area contributed by atoms with E-state index >= 15 is 0 Å². The number of thiazole rings is 1. The van der Waals surface area contributed by atoms with E-state index in [1.807, 2.05) is 12.1 Å². The fourth-order valence-corrected chi connectivity index (χ4v) is 2.72. The lowest BCUT2D eigenvalue weighted by Gasteiger charge is -2.06. The summed E-state index contributed by atoms with van der Waals surface area (Å²) in [6.07, 6.45) is 6.52. The van der Waals surface area contributed by atoms with Gasteiger partial charge in [-0.15, -0.1) is 11.3 Å². The second-order valence-electron chi connectivity index (χ2n) is 4.86. The van der Waals surface area contributed by atoms with Crippen LogP contribution in [0.25, 0.3) is 0 Å². The van der Waals surface area contributed by atoms with Gasteiger partial charge < -0.3 is 11.1 Å². The maximum Gasteiger partial charge on any atom is 0.271 e. The first kappa shape index (κ1) is 15.6. The third kappa shape index (κ3) is 4.61. The molecule has 112 valence electrons. The second-order valence-corrected chi connectivity index (χ2v) is 5.75. The number of carbonyl (C=O) groups excluding carboxylic acids is 1. The predicted octanol–water partition coefficient (Wildman–Crippen LogP) is 2.66. The van der Waals surface area contributed by atoms with E-state index in [2.05, 4.69) is 22.2 Å². The van der Waals surface area contributed by atoms with E-state index in [-0.39, 0.29) is 11.9 Å². The summed E-state index contributed by atoms with van der Waals surface area (Å²) in [5, 5.41) is 5.43. The average Bonchev–Trinajstić information content (AvgIpc) is 3.01. The van der Waals surface area contributed by atoms with E-state index < -0.39 is 0 Å². The minimum atomic E-state index is -0.177. The zero-order chi connectivity index (χ0) is 15.1. The van der Waals surface area contributed by atoms with Gasteiger partial charge in [-0.2, -0.15) is 0 Å². The predicted molar refractivity (Wildman–Crippen MR) is 84.0 cm³/mol. The Bertz CT molecular complexity index is 570. The summed E-state index contributed by atoms with van der Waals surface area (Å²) in [6.45, 7) is 2.58. The number of rotatable bonds is 7. The van der Waals surface area contributed by atoms with Gasteiger partial charge >= 0.3 is 0 Å². The highest BCUT2D eigenvalue weighted by molar-refractivity contribution is 7.09. The van der Waals surface area contributed by atoms with E-state index in [0.717, 1.165) is 29.8 Å².